The van der Waals surface area contributed by atoms with Crippen molar-refractivity contribution >= 4 is 16.5 Å². The Bertz CT molecular complexity index is 354. The summed E-state index contributed by atoms with van der Waals surface area (Å²) in [6.45, 7) is 11.2. The summed E-state index contributed by atoms with van der Waals surface area (Å²) in [6, 6.07) is 0. The first-order valence-electron chi connectivity index (χ1n) is 7.09. The van der Waals surface area contributed by atoms with Crippen LogP contribution in [0.15, 0.2) is 5.38 Å². The Labute approximate surface area is 115 Å². The first-order chi connectivity index (χ1) is 8.69. The molecule has 0 aromatic carbocycles. The van der Waals surface area contributed by atoms with Gasteiger partial charge in [0, 0.05) is 25.0 Å². The molecule has 4 heteroatoms. The minimum atomic E-state index is 0.791. The molecule has 0 amide bonds. The second-order valence-corrected chi connectivity index (χ2v) is 6.49. The molecule has 1 aromatic heterocycles. The van der Waals surface area contributed by atoms with Crippen LogP contribution in [0, 0.1) is 11.8 Å². The molecule has 0 saturated carbocycles. The van der Waals surface area contributed by atoms with Gasteiger partial charge in [-0.1, -0.05) is 20.8 Å². The lowest BCUT2D eigenvalue weighted by Crippen LogP contribution is -2.38. The molecular formula is C14H25N3S. The largest absolute Gasteiger partial charge is 0.348 e. The number of nitrogens with zero attached hydrogens (tertiary/aromatic N) is 2. The van der Waals surface area contributed by atoms with Crippen molar-refractivity contribution in [2.75, 3.05) is 24.5 Å². The zero-order valence-corrected chi connectivity index (χ0v) is 12.6. The fraction of sp³-hybridized carbons (Fsp3) is 0.786. The molecule has 1 aliphatic rings. The monoisotopic (exact) mass is 267 g/mol. The van der Waals surface area contributed by atoms with Gasteiger partial charge < -0.3 is 10.2 Å². The van der Waals surface area contributed by atoms with Gasteiger partial charge in [0.1, 0.15) is 0 Å². The lowest BCUT2D eigenvalue weighted by Gasteiger charge is -2.34. The van der Waals surface area contributed by atoms with Crippen LogP contribution in [-0.2, 0) is 6.54 Å². The van der Waals surface area contributed by atoms with Crippen LogP contribution in [-0.4, -0.2) is 24.6 Å². The molecule has 18 heavy (non-hydrogen) atoms. The van der Waals surface area contributed by atoms with Crippen LogP contribution >= 0.6 is 11.3 Å². The maximum absolute atomic E-state index is 4.76. The highest BCUT2D eigenvalue weighted by atomic mass is 32.1. The molecule has 0 radical (unpaired) electrons. The quantitative estimate of drug-likeness (QED) is 0.831. The third-order valence-corrected chi connectivity index (χ3v) is 4.36. The molecular weight excluding hydrogens is 242 g/mol. The highest BCUT2D eigenvalue weighted by Gasteiger charge is 2.23. The molecule has 3 nitrogen and oxygen atoms in total. The molecule has 2 atom stereocenters. The molecule has 0 aliphatic carbocycles. The predicted octanol–water partition coefficient (Wildman–Crippen LogP) is 3.13. The van der Waals surface area contributed by atoms with Gasteiger partial charge in [0.25, 0.3) is 0 Å². The van der Waals surface area contributed by atoms with E-state index in [1.54, 1.807) is 11.3 Å². The van der Waals surface area contributed by atoms with E-state index in [0.717, 1.165) is 24.9 Å². The zero-order chi connectivity index (χ0) is 13.0. The number of aromatic nitrogens is 1. The van der Waals surface area contributed by atoms with Gasteiger partial charge >= 0.3 is 0 Å². The van der Waals surface area contributed by atoms with Crippen LogP contribution < -0.4 is 10.2 Å². The van der Waals surface area contributed by atoms with E-state index in [2.05, 4.69) is 36.4 Å². The summed E-state index contributed by atoms with van der Waals surface area (Å²) in [5.74, 6) is 1.58. The first kappa shape index (κ1) is 13.8. The molecule has 1 aromatic rings. The topological polar surface area (TPSA) is 28.2 Å². The summed E-state index contributed by atoms with van der Waals surface area (Å²) < 4.78 is 0. The summed E-state index contributed by atoms with van der Waals surface area (Å²) in [4.78, 5) is 7.22. The van der Waals surface area contributed by atoms with Gasteiger partial charge in [-0.25, -0.2) is 4.98 Å². The van der Waals surface area contributed by atoms with Gasteiger partial charge in [-0.05, 0) is 31.2 Å². The van der Waals surface area contributed by atoms with E-state index in [1.807, 2.05) is 0 Å². The van der Waals surface area contributed by atoms with Crippen LogP contribution in [0.3, 0.4) is 0 Å². The molecule has 1 aliphatic heterocycles. The molecule has 1 fully saturated rings. The third kappa shape index (κ3) is 3.69. The molecule has 0 spiro atoms. The van der Waals surface area contributed by atoms with E-state index < -0.39 is 0 Å². The van der Waals surface area contributed by atoms with Gasteiger partial charge in [-0.15, -0.1) is 11.3 Å². The second kappa shape index (κ2) is 6.53. The van der Waals surface area contributed by atoms with Crippen molar-refractivity contribution < 1.29 is 0 Å². The van der Waals surface area contributed by atoms with E-state index in [9.17, 15) is 0 Å². The number of thiazole rings is 1. The normalized spacial score (nSPS) is 24.5. The van der Waals surface area contributed by atoms with Crippen molar-refractivity contribution in [1.82, 2.24) is 10.3 Å². The minimum absolute atomic E-state index is 0.791. The van der Waals surface area contributed by atoms with Crippen LogP contribution in [0.2, 0.25) is 0 Å². The van der Waals surface area contributed by atoms with E-state index in [4.69, 9.17) is 4.98 Å². The summed E-state index contributed by atoms with van der Waals surface area (Å²) >= 11 is 1.79. The molecule has 1 saturated heterocycles. The van der Waals surface area contributed by atoms with Gasteiger partial charge in [-0.3, -0.25) is 0 Å². The van der Waals surface area contributed by atoms with Gasteiger partial charge in [0.05, 0.1) is 5.69 Å². The van der Waals surface area contributed by atoms with E-state index in [0.29, 0.717) is 0 Å². The summed E-state index contributed by atoms with van der Waals surface area (Å²) in [7, 11) is 0. The van der Waals surface area contributed by atoms with Crippen molar-refractivity contribution in [3.8, 4) is 0 Å². The Balaban J connectivity index is 1.92. The average Bonchev–Trinajstić information content (AvgIpc) is 2.77. The Hall–Kier alpha value is -0.610. The number of hydrogen-bond donors (Lipinski definition) is 1. The van der Waals surface area contributed by atoms with Crippen molar-refractivity contribution in [3.63, 3.8) is 0 Å². The Morgan fingerprint density at radius 1 is 1.39 bits per heavy atom. The summed E-state index contributed by atoms with van der Waals surface area (Å²) in [6.07, 6.45) is 2.53. The predicted molar refractivity (Wildman–Crippen MR) is 79.3 cm³/mol. The Morgan fingerprint density at radius 2 is 2.11 bits per heavy atom. The van der Waals surface area contributed by atoms with E-state index >= 15 is 0 Å². The van der Waals surface area contributed by atoms with Crippen LogP contribution in [0.4, 0.5) is 5.13 Å². The molecule has 2 heterocycles. The maximum atomic E-state index is 4.76. The third-order valence-electron chi connectivity index (χ3n) is 3.41. The lowest BCUT2D eigenvalue weighted by molar-refractivity contribution is 0.356. The number of rotatable bonds is 5. The Kier molecular flexibility index (Phi) is 5.01. The number of hydrogen-bond acceptors (Lipinski definition) is 4. The van der Waals surface area contributed by atoms with Crippen molar-refractivity contribution in [3.05, 3.63) is 11.1 Å². The average molecular weight is 267 g/mol. The number of piperidine rings is 1. The number of anilines is 1. The highest BCUT2D eigenvalue weighted by Crippen LogP contribution is 2.28. The summed E-state index contributed by atoms with van der Waals surface area (Å²) in [5.41, 5.74) is 1.19. The molecule has 2 rings (SSSR count). The van der Waals surface area contributed by atoms with E-state index in [1.165, 1.54) is 36.8 Å². The second-order valence-electron chi connectivity index (χ2n) is 5.65. The molecule has 102 valence electrons. The van der Waals surface area contributed by atoms with Crippen molar-refractivity contribution in [2.45, 2.75) is 40.2 Å². The van der Waals surface area contributed by atoms with Crippen LogP contribution in [0.25, 0.3) is 0 Å². The minimum Gasteiger partial charge on any atom is -0.348 e. The molecule has 1 N–H and O–H groups in total. The molecule has 0 bridgehead atoms. The molecule has 2 unspecified atom stereocenters. The fourth-order valence-electron chi connectivity index (χ4n) is 2.74. The lowest BCUT2D eigenvalue weighted by atomic mass is 9.92. The van der Waals surface area contributed by atoms with Gasteiger partial charge in [0.2, 0.25) is 0 Å². The van der Waals surface area contributed by atoms with Gasteiger partial charge in [0.15, 0.2) is 5.13 Å². The standard InChI is InChI=1S/C14H25N3S/c1-4-5-15-7-13-10-18-14(16-13)17-8-11(2)6-12(3)9-17/h10-12,15H,4-9H2,1-3H3. The van der Waals surface area contributed by atoms with Crippen molar-refractivity contribution in [1.29, 1.82) is 0 Å². The zero-order valence-electron chi connectivity index (χ0n) is 11.8. The Morgan fingerprint density at radius 3 is 2.78 bits per heavy atom. The highest BCUT2D eigenvalue weighted by molar-refractivity contribution is 7.13. The first-order valence-corrected chi connectivity index (χ1v) is 7.97. The summed E-state index contributed by atoms with van der Waals surface area (Å²) in [5, 5.41) is 6.82. The van der Waals surface area contributed by atoms with E-state index in [-0.39, 0.29) is 0 Å². The SMILES string of the molecule is CCCNCc1csc(N2CC(C)CC(C)C2)n1. The van der Waals surface area contributed by atoms with Crippen molar-refractivity contribution in [2.24, 2.45) is 11.8 Å². The van der Waals surface area contributed by atoms with Gasteiger partial charge in [-0.2, -0.15) is 0 Å². The number of nitrogens with one attached hydrogen (secondary N) is 1. The van der Waals surface area contributed by atoms with Crippen LogP contribution in [0.1, 0.15) is 39.3 Å². The fourth-order valence-corrected chi connectivity index (χ4v) is 3.58. The van der Waals surface area contributed by atoms with Crippen LogP contribution in [0.5, 0.6) is 0 Å². The maximum Gasteiger partial charge on any atom is 0.185 e. The smallest absolute Gasteiger partial charge is 0.185 e.